The Morgan fingerprint density at radius 3 is 1.24 bits per heavy atom. The molecule has 302 valence electrons. The minimum Gasteiger partial charge on any atom is -0.394 e. The molecule has 0 saturated carbocycles. The number of unbranched alkanes of at least 4 members (excludes halogenated alkanes) is 27. The standard InChI is InChI=1S/C45H87NO5/c1-3-5-7-9-11-13-15-17-19-20-21-22-23-24-25-27-28-30-32-34-36-38-42(48)44(50)41(40-47)46-45(51)43(49)39-37-35-33-31-29-26-18-16-14-12-10-8-6-4-2/h24-25,30,32,41-44,47-50H,3-23,26-29,31,33-40H2,1-2H3,(H,46,51)/b25-24+,32-30+. The SMILES string of the molecule is CCCCCCCCCCCCCC/C=C/CC/C=C/CCCC(O)C(O)C(CO)NC(=O)C(O)CCCCCCCCCCCCCCCC. The van der Waals surface area contributed by atoms with Gasteiger partial charge in [-0.05, 0) is 51.4 Å². The molecule has 6 heteroatoms. The van der Waals surface area contributed by atoms with Gasteiger partial charge in [0.1, 0.15) is 12.2 Å². The maximum Gasteiger partial charge on any atom is 0.249 e. The van der Waals surface area contributed by atoms with Crippen molar-refractivity contribution in [2.45, 2.75) is 250 Å². The van der Waals surface area contributed by atoms with Gasteiger partial charge >= 0.3 is 0 Å². The van der Waals surface area contributed by atoms with E-state index in [0.717, 1.165) is 38.5 Å². The molecule has 0 saturated heterocycles. The average molecular weight is 722 g/mol. The Balaban J connectivity index is 3.79. The van der Waals surface area contributed by atoms with Crippen molar-refractivity contribution in [1.82, 2.24) is 5.32 Å². The van der Waals surface area contributed by atoms with Crippen molar-refractivity contribution >= 4 is 5.91 Å². The van der Waals surface area contributed by atoms with Crippen molar-refractivity contribution in [1.29, 1.82) is 0 Å². The van der Waals surface area contributed by atoms with E-state index in [0.29, 0.717) is 19.3 Å². The quantitative estimate of drug-likeness (QED) is 0.0320. The molecule has 0 heterocycles. The third-order valence-electron chi connectivity index (χ3n) is 10.4. The molecule has 0 bridgehead atoms. The Bertz CT molecular complexity index is 772. The van der Waals surface area contributed by atoms with Crippen molar-refractivity contribution < 1.29 is 25.2 Å². The van der Waals surface area contributed by atoms with Gasteiger partial charge in [0.25, 0.3) is 0 Å². The van der Waals surface area contributed by atoms with E-state index in [-0.39, 0.29) is 0 Å². The number of hydrogen-bond acceptors (Lipinski definition) is 5. The van der Waals surface area contributed by atoms with Gasteiger partial charge in [0, 0.05) is 0 Å². The predicted octanol–water partition coefficient (Wildman–Crippen LogP) is 11.6. The molecule has 0 rings (SSSR count). The highest BCUT2D eigenvalue weighted by Crippen LogP contribution is 2.16. The molecular weight excluding hydrogens is 634 g/mol. The van der Waals surface area contributed by atoms with E-state index in [2.05, 4.69) is 43.5 Å². The Kier molecular flexibility index (Phi) is 39.0. The lowest BCUT2D eigenvalue weighted by atomic mass is 10.00. The van der Waals surface area contributed by atoms with Gasteiger partial charge in [-0.1, -0.05) is 199 Å². The van der Waals surface area contributed by atoms with Gasteiger partial charge in [0.15, 0.2) is 0 Å². The number of carbonyl (C=O) groups is 1. The van der Waals surface area contributed by atoms with Crippen LogP contribution in [0.1, 0.15) is 226 Å². The molecule has 51 heavy (non-hydrogen) atoms. The van der Waals surface area contributed by atoms with E-state index in [4.69, 9.17) is 0 Å². The zero-order valence-corrected chi connectivity index (χ0v) is 33.9. The van der Waals surface area contributed by atoms with Crippen LogP contribution in [0.5, 0.6) is 0 Å². The monoisotopic (exact) mass is 722 g/mol. The number of aliphatic hydroxyl groups is 4. The molecule has 0 fully saturated rings. The Hall–Kier alpha value is -1.21. The van der Waals surface area contributed by atoms with E-state index >= 15 is 0 Å². The fraction of sp³-hybridized carbons (Fsp3) is 0.889. The Labute approximate surface area is 316 Å². The first-order valence-electron chi connectivity index (χ1n) is 22.2. The van der Waals surface area contributed by atoms with Crippen LogP contribution in [-0.4, -0.2) is 57.3 Å². The zero-order valence-electron chi connectivity index (χ0n) is 33.9. The molecule has 0 aliphatic carbocycles. The molecule has 4 atom stereocenters. The van der Waals surface area contributed by atoms with Gasteiger partial charge in [-0.3, -0.25) is 4.79 Å². The first-order chi connectivity index (χ1) is 25.0. The molecule has 4 unspecified atom stereocenters. The summed E-state index contributed by atoms with van der Waals surface area (Å²) in [5, 5.41) is 43.6. The predicted molar refractivity (Wildman–Crippen MR) is 219 cm³/mol. The van der Waals surface area contributed by atoms with Crippen LogP contribution in [0.3, 0.4) is 0 Å². The van der Waals surface area contributed by atoms with Gasteiger partial charge in [-0.2, -0.15) is 0 Å². The second-order valence-electron chi connectivity index (χ2n) is 15.4. The number of aliphatic hydroxyl groups excluding tert-OH is 4. The summed E-state index contributed by atoms with van der Waals surface area (Å²) in [7, 11) is 0. The number of rotatable bonds is 40. The van der Waals surface area contributed by atoms with E-state index in [1.54, 1.807) is 0 Å². The lowest BCUT2D eigenvalue weighted by Crippen LogP contribution is -2.53. The zero-order chi connectivity index (χ0) is 37.5. The third-order valence-corrected chi connectivity index (χ3v) is 10.4. The summed E-state index contributed by atoms with van der Waals surface area (Å²) in [5.41, 5.74) is 0. The summed E-state index contributed by atoms with van der Waals surface area (Å²) in [4.78, 5) is 12.5. The van der Waals surface area contributed by atoms with Crippen molar-refractivity contribution in [3.63, 3.8) is 0 Å². The second-order valence-corrected chi connectivity index (χ2v) is 15.4. The van der Waals surface area contributed by atoms with Crippen molar-refractivity contribution in [2.75, 3.05) is 6.61 Å². The number of nitrogens with one attached hydrogen (secondary N) is 1. The molecule has 0 aromatic heterocycles. The van der Waals surface area contributed by atoms with Crippen LogP contribution < -0.4 is 5.32 Å². The molecule has 0 spiro atoms. The summed E-state index contributed by atoms with van der Waals surface area (Å²) in [6, 6.07) is -1.00. The Morgan fingerprint density at radius 1 is 0.471 bits per heavy atom. The van der Waals surface area contributed by atoms with Crippen LogP contribution in [0.25, 0.3) is 0 Å². The molecule has 0 radical (unpaired) electrons. The molecular formula is C45H87NO5. The van der Waals surface area contributed by atoms with Gasteiger partial charge < -0.3 is 25.7 Å². The summed E-state index contributed by atoms with van der Waals surface area (Å²) in [5.74, 6) is -0.596. The van der Waals surface area contributed by atoms with Crippen molar-refractivity contribution in [3.8, 4) is 0 Å². The minimum atomic E-state index is -1.29. The molecule has 0 aliphatic heterocycles. The highest BCUT2D eigenvalue weighted by atomic mass is 16.3. The topological polar surface area (TPSA) is 110 Å². The summed E-state index contributed by atoms with van der Waals surface area (Å²) in [6.45, 7) is 4.04. The highest BCUT2D eigenvalue weighted by Gasteiger charge is 2.28. The largest absolute Gasteiger partial charge is 0.394 e. The smallest absolute Gasteiger partial charge is 0.249 e. The van der Waals surface area contributed by atoms with Crippen LogP contribution >= 0.6 is 0 Å². The van der Waals surface area contributed by atoms with Crippen molar-refractivity contribution in [3.05, 3.63) is 24.3 Å². The van der Waals surface area contributed by atoms with Crippen LogP contribution in [-0.2, 0) is 4.79 Å². The lowest BCUT2D eigenvalue weighted by Gasteiger charge is -2.27. The van der Waals surface area contributed by atoms with Crippen LogP contribution in [0.2, 0.25) is 0 Å². The third kappa shape index (κ3) is 34.3. The molecule has 0 aromatic rings. The fourth-order valence-electron chi connectivity index (χ4n) is 6.83. The van der Waals surface area contributed by atoms with Crippen LogP contribution in [0, 0.1) is 0 Å². The first-order valence-corrected chi connectivity index (χ1v) is 22.2. The van der Waals surface area contributed by atoms with Gasteiger partial charge in [0.2, 0.25) is 5.91 Å². The minimum absolute atomic E-state index is 0.363. The maximum absolute atomic E-state index is 12.5. The summed E-state index contributed by atoms with van der Waals surface area (Å²) in [6.07, 6.45) is 45.0. The molecule has 6 nitrogen and oxygen atoms in total. The van der Waals surface area contributed by atoms with Crippen LogP contribution in [0.15, 0.2) is 24.3 Å². The molecule has 0 aromatic carbocycles. The maximum atomic E-state index is 12.5. The first kappa shape index (κ1) is 49.8. The molecule has 5 N–H and O–H groups in total. The highest BCUT2D eigenvalue weighted by molar-refractivity contribution is 5.80. The number of carbonyl (C=O) groups excluding carboxylic acids is 1. The van der Waals surface area contributed by atoms with Gasteiger partial charge in [-0.25, -0.2) is 0 Å². The average Bonchev–Trinajstić information content (AvgIpc) is 3.13. The lowest BCUT2D eigenvalue weighted by molar-refractivity contribution is -0.132. The van der Waals surface area contributed by atoms with Crippen LogP contribution in [0.4, 0.5) is 0 Å². The summed E-state index contributed by atoms with van der Waals surface area (Å²) >= 11 is 0. The van der Waals surface area contributed by atoms with Crippen molar-refractivity contribution in [2.24, 2.45) is 0 Å². The number of hydrogen-bond donors (Lipinski definition) is 5. The fourth-order valence-corrected chi connectivity index (χ4v) is 6.83. The van der Waals surface area contributed by atoms with Gasteiger partial charge in [0.05, 0.1) is 18.8 Å². The van der Waals surface area contributed by atoms with E-state index in [1.807, 2.05) is 0 Å². The van der Waals surface area contributed by atoms with E-state index in [9.17, 15) is 25.2 Å². The number of allylic oxidation sites excluding steroid dienone is 4. The van der Waals surface area contributed by atoms with Gasteiger partial charge in [-0.15, -0.1) is 0 Å². The summed E-state index contributed by atoms with van der Waals surface area (Å²) < 4.78 is 0. The van der Waals surface area contributed by atoms with E-state index < -0.39 is 36.9 Å². The Morgan fingerprint density at radius 2 is 0.824 bits per heavy atom. The second kappa shape index (κ2) is 40.0. The molecule has 0 aliphatic rings. The molecule has 1 amide bonds. The normalized spacial score (nSPS) is 14.4. The number of amides is 1. The van der Waals surface area contributed by atoms with E-state index in [1.165, 1.54) is 154 Å².